The molecular formula is C17H22N2O2. The molecule has 21 heavy (non-hydrogen) atoms. The summed E-state index contributed by atoms with van der Waals surface area (Å²) in [5, 5.41) is 0. The molecule has 2 aliphatic rings. The summed E-state index contributed by atoms with van der Waals surface area (Å²) in [6.45, 7) is 2.04. The van der Waals surface area contributed by atoms with Crippen molar-refractivity contribution < 1.29 is 9.59 Å². The van der Waals surface area contributed by atoms with Gasteiger partial charge in [-0.25, -0.2) is 4.90 Å². The highest BCUT2D eigenvalue weighted by atomic mass is 16.2. The maximum Gasteiger partial charge on any atom is 0.240 e. The van der Waals surface area contributed by atoms with Crippen LogP contribution >= 0.6 is 0 Å². The normalized spacial score (nSPS) is 21.3. The van der Waals surface area contributed by atoms with Crippen molar-refractivity contribution in [2.45, 2.75) is 51.9 Å². The first-order chi connectivity index (χ1) is 10.1. The molecule has 4 heteroatoms. The Hall–Kier alpha value is -1.84. The Kier molecular flexibility index (Phi) is 3.47. The number of carbonyl (C=O) groups is 2. The van der Waals surface area contributed by atoms with Gasteiger partial charge in [-0.1, -0.05) is 32.3 Å². The fourth-order valence-corrected chi connectivity index (χ4v) is 3.72. The zero-order valence-electron chi connectivity index (χ0n) is 12.5. The Morgan fingerprint density at radius 2 is 1.90 bits per heavy atom. The largest absolute Gasteiger partial charge is 0.398 e. The van der Waals surface area contributed by atoms with E-state index < -0.39 is 5.41 Å². The third-order valence-electron chi connectivity index (χ3n) is 4.97. The number of anilines is 2. The van der Waals surface area contributed by atoms with Gasteiger partial charge in [0.05, 0.1) is 11.1 Å². The summed E-state index contributed by atoms with van der Waals surface area (Å²) in [6, 6.07) is 5.51. The average Bonchev–Trinajstić information content (AvgIpc) is 2.70. The Labute approximate surface area is 125 Å². The number of hydrogen-bond donors (Lipinski definition) is 1. The van der Waals surface area contributed by atoms with Gasteiger partial charge in [0.15, 0.2) is 0 Å². The lowest BCUT2D eigenvalue weighted by molar-refractivity contribution is -0.127. The van der Waals surface area contributed by atoms with E-state index >= 15 is 0 Å². The third kappa shape index (κ3) is 2.23. The minimum atomic E-state index is -0.437. The van der Waals surface area contributed by atoms with Gasteiger partial charge in [0, 0.05) is 12.1 Å². The van der Waals surface area contributed by atoms with Crippen LogP contribution in [0.1, 0.15) is 51.0 Å². The number of nitrogens with two attached hydrogens (primary N) is 1. The second-order valence-electron chi connectivity index (χ2n) is 6.29. The second-order valence-corrected chi connectivity index (χ2v) is 6.29. The highest BCUT2D eigenvalue weighted by Crippen LogP contribution is 2.46. The van der Waals surface area contributed by atoms with Gasteiger partial charge in [-0.2, -0.15) is 0 Å². The predicted molar refractivity (Wildman–Crippen MR) is 82.9 cm³/mol. The number of nitrogen functional groups attached to an aromatic ring is 1. The molecule has 3 rings (SSSR count). The highest BCUT2D eigenvalue weighted by Gasteiger charge is 2.51. The molecule has 1 spiro atoms. The molecular weight excluding hydrogens is 264 g/mol. The monoisotopic (exact) mass is 286 g/mol. The molecule has 1 saturated heterocycles. The molecule has 1 aromatic carbocycles. The van der Waals surface area contributed by atoms with E-state index in [9.17, 15) is 9.59 Å². The number of rotatable bonds is 2. The summed E-state index contributed by atoms with van der Waals surface area (Å²) in [7, 11) is 0. The molecule has 0 atom stereocenters. The van der Waals surface area contributed by atoms with Crippen LogP contribution in [-0.2, 0) is 16.0 Å². The van der Waals surface area contributed by atoms with E-state index in [-0.39, 0.29) is 11.8 Å². The fourth-order valence-electron chi connectivity index (χ4n) is 3.72. The summed E-state index contributed by atoms with van der Waals surface area (Å²) in [4.78, 5) is 26.6. The molecule has 2 N–H and O–H groups in total. The molecule has 4 nitrogen and oxygen atoms in total. The van der Waals surface area contributed by atoms with Crippen molar-refractivity contribution in [3.8, 4) is 0 Å². The van der Waals surface area contributed by atoms with Crippen LogP contribution < -0.4 is 10.6 Å². The maximum absolute atomic E-state index is 12.8. The van der Waals surface area contributed by atoms with Gasteiger partial charge in [0.2, 0.25) is 11.8 Å². The van der Waals surface area contributed by atoms with Gasteiger partial charge in [-0.15, -0.1) is 0 Å². The van der Waals surface area contributed by atoms with Gasteiger partial charge in [0.25, 0.3) is 0 Å². The van der Waals surface area contributed by atoms with E-state index in [1.54, 1.807) is 6.07 Å². The van der Waals surface area contributed by atoms with Gasteiger partial charge in [-0.3, -0.25) is 9.59 Å². The quantitative estimate of drug-likeness (QED) is 0.671. The molecule has 1 saturated carbocycles. The number of carbonyl (C=O) groups excluding carboxylic acids is 2. The van der Waals surface area contributed by atoms with E-state index in [0.29, 0.717) is 17.8 Å². The smallest absolute Gasteiger partial charge is 0.240 e. The fraction of sp³-hybridized carbons (Fsp3) is 0.529. The van der Waals surface area contributed by atoms with Crippen molar-refractivity contribution in [1.29, 1.82) is 0 Å². The van der Waals surface area contributed by atoms with Crippen LogP contribution in [0.4, 0.5) is 11.4 Å². The van der Waals surface area contributed by atoms with Crippen LogP contribution in [0.25, 0.3) is 0 Å². The van der Waals surface area contributed by atoms with Crippen LogP contribution in [0.5, 0.6) is 0 Å². The number of amides is 2. The Morgan fingerprint density at radius 1 is 1.19 bits per heavy atom. The van der Waals surface area contributed by atoms with Crippen molar-refractivity contribution in [2.75, 3.05) is 10.6 Å². The molecule has 2 fully saturated rings. The average molecular weight is 286 g/mol. The van der Waals surface area contributed by atoms with Gasteiger partial charge >= 0.3 is 0 Å². The summed E-state index contributed by atoms with van der Waals surface area (Å²) < 4.78 is 0. The molecule has 0 radical (unpaired) electrons. The summed E-state index contributed by atoms with van der Waals surface area (Å²) >= 11 is 0. The van der Waals surface area contributed by atoms with Gasteiger partial charge in [0.1, 0.15) is 0 Å². The van der Waals surface area contributed by atoms with Gasteiger partial charge in [-0.05, 0) is 37.0 Å². The predicted octanol–water partition coefficient (Wildman–Crippen LogP) is 3.05. The van der Waals surface area contributed by atoms with Crippen LogP contribution in [0.3, 0.4) is 0 Å². The molecule has 2 amide bonds. The first-order valence-corrected chi connectivity index (χ1v) is 7.83. The SMILES string of the molecule is CCc1ccc(N2C(=O)CC3(CCCCC3)C2=O)cc1N. The van der Waals surface area contributed by atoms with E-state index in [1.165, 1.54) is 11.3 Å². The van der Waals surface area contributed by atoms with Crippen LogP contribution in [0.2, 0.25) is 0 Å². The molecule has 0 aromatic heterocycles. The highest BCUT2D eigenvalue weighted by molar-refractivity contribution is 6.22. The first-order valence-electron chi connectivity index (χ1n) is 7.83. The molecule has 0 unspecified atom stereocenters. The van der Waals surface area contributed by atoms with Crippen molar-refractivity contribution in [3.05, 3.63) is 23.8 Å². The lowest BCUT2D eigenvalue weighted by Gasteiger charge is -2.30. The second kappa shape index (κ2) is 5.17. The van der Waals surface area contributed by atoms with Crippen LogP contribution in [-0.4, -0.2) is 11.8 Å². The zero-order valence-corrected chi connectivity index (χ0v) is 12.5. The molecule has 1 aliphatic carbocycles. The number of nitrogens with zero attached hydrogens (tertiary/aromatic N) is 1. The number of aryl methyl sites for hydroxylation is 1. The number of hydrogen-bond acceptors (Lipinski definition) is 3. The molecule has 1 aromatic rings. The van der Waals surface area contributed by atoms with Crippen molar-refractivity contribution >= 4 is 23.2 Å². The Balaban J connectivity index is 1.93. The van der Waals surface area contributed by atoms with Gasteiger partial charge < -0.3 is 5.73 Å². The minimum Gasteiger partial charge on any atom is -0.398 e. The summed E-state index contributed by atoms with van der Waals surface area (Å²) in [6.07, 6.45) is 6.15. The number of benzene rings is 1. The van der Waals surface area contributed by atoms with Crippen molar-refractivity contribution in [1.82, 2.24) is 0 Å². The molecule has 1 aliphatic heterocycles. The van der Waals surface area contributed by atoms with E-state index in [2.05, 4.69) is 0 Å². The van der Waals surface area contributed by atoms with Crippen molar-refractivity contribution in [3.63, 3.8) is 0 Å². The lowest BCUT2D eigenvalue weighted by Crippen LogP contribution is -2.37. The van der Waals surface area contributed by atoms with Crippen molar-refractivity contribution in [2.24, 2.45) is 5.41 Å². The maximum atomic E-state index is 12.8. The minimum absolute atomic E-state index is 0.0177. The zero-order chi connectivity index (χ0) is 15.0. The summed E-state index contributed by atoms with van der Waals surface area (Å²) in [5.74, 6) is -0.0959. The molecule has 112 valence electrons. The lowest BCUT2D eigenvalue weighted by atomic mass is 9.73. The van der Waals surface area contributed by atoms with E-state index in [1.807, 2.05) is 19.1 Å². The van der Waals surface area contributed by atoms with E-state index in [0.717, 1.165) is 37.7 Å². The standard InChI is InChI=1S/C17H22N2O2/c1-2-12-6-7-13(10-14(12)18)19-15(20)11-17(16(19)21)8-4-3-5-9-17/h6-7,10H,2-5,8-9,11,18H2,1H3. The van der Waals surface area contributed by atoms with E-state index in [4.69, 9.17) is 5.73 Å². The first kappa shape index (κ1) is 14.1. The third-order valence-corrected chi connectivity index (χ3v) is 4.97. The number of imide groups is 1. The molecule has 1 heterocycles. The molecule has 0 bridgehead atoms. The topological polar surface area (TPSA) is 63.4 Å². The Morgan fingerprint density at radius 3 is 2.52 bits per heavy atom. The van der Waals surface area contributed by atoms with Crippen LogP contribution in [0, 0.1) is 5.41 Å². The summed E-state index contributed by atoms with van der Waals surface area (Å²) in [5.41, 5.74) is 7.90. The van der Waals surface area contributed by atoms with Crippen LogP contribution in [0.15, 0.2) is 18.2 Å². The Bertz CT molecular complexity index is 588.